The maximum Gasteiger partial charge on any atom is 0.242 e. The van der Waals surface area contributed by atoms with Gasteiger partial charge in [-0.15, -0.1) is 29.9 Å². The standard InChI is InChI=1S/C18H25N7O2.2ClH/c19-18(6-12-27-13-7-18)17(26)24-10-8-23(9-11-24)14-16-20-21-22-25(16)15-4-2-1-3-5-15;;/h1-5H,6-14,19H2;2*1H. The van der Waals surface area contributed by atoms with E-state index < -0.39 is 5.54 Å². The van der Waals surface area contributed by atoms with Crippen LogP contribution in [0.1, 0.15) is 18.7 Å². The molecule has 0 radical (unpaired) electrons. The fourth-order valence-electron chi connectivity index (χ4n) is 3.65. The highest BCUT2D eigenvalue weighted by atomic mass is 35.5. The van der Waals surface area contributed by atoms with Gasteiger partial charge in [-0.3, -0.25) is 9.69 Å². The second-order valence-electron chi connectivity index (χ2n) is 7.18. The van der Waals surface area contributed by atoms with E-state index >= 15 is 0 Å². The van der Waals surface area contributed by atoms with Gasteiger partial charge < -0.3 is 15.4 Å². The molecule has 4 rings (SSSR count). The second kappa shape index (κ2) is 10.3. The summed E-state index contributed by atoms with van der Waals surface area (Å²) in [6.45, 7) is 4.66. The first-order valence-electron chi connectivity index (χ1n) is 9.37. The van der Waals surface area contributed by atoms with Crippen LogP contribution in [0.3, 0.4) is 0 Å². The van der Waals surface area contributed by atoms with Crippen LogP contribution in [0.25, 0.3) is 5.69 Å². The molecule has 2 saturated heterocycles. The van der Waals surface area contributed by atoms with Crippen LogP contribution in [0.4, 0.5) is 0 Å². The van der Waals surface area contributed by atoms with E-state index in [9.17, 15) is 4.79 Å². The molecule has 1 aromatic carbocycles. The predicted molar refractivity (Wildman–Crippen MR) is 112 cm³/mol. The third kappa shape index (κ3) is 5.23. The van der Waals surface area contributed by atoms with Crippen molar-refractivity contribution < 1.29 is 9.53 Å². The van der Waals surface area contributed by atoms with Crippen LogP contribution < -0.4 is 5.73 Å². The van der Waals surface area contributed by atoms with Gasteiger partial charge >= 0.3 is 0 Å². The molecule has 3 heterocycles. The van der Waals surface area contributed by atoms with Gasteiger partial charge in [0.15, 0.2) is 5.82 Å². The summed E-state index contributed by atoms with van der Waals surface area (Å²) in [5.41, 5.74) is 6.52. The zero-order chi connectivity index (χ0) is 18.7. The summed E-state index contributed by atoms with van der Waals surface area (Å²) >= 11 is 0. The molecule has 2 aromatic rings. The maximum atomic E-state index is 12.8. The number of piperazine rings is 1. The minimum absolute atomic E-state index is 0. The Hall–Kier alpha value is -1.78. The Kier molecular flexibility index (Phi) is 8.35. The van der Waals surface area contributed by atoms with Crippen molar-refractivity contribution in [3.63, 3.8) is 0 Å². The Bertz CT molecular complexity index is 776. The molecule has 1 amide bonds. The number of aromatic nitrogens is 4. The van der Waals surface area contributed by atoms with Gasteiger partial charge in [0.05, 0.1) is 17.8 Å². The zero-order valence-corrected chi connectivity index (χ0v) is 17.8. The second-order valence-corrected chi connectivity index (χ2v) is 7.18. The summed E-state index contributed by atoms with van der Waals surface area (Å²) in [5.74, 6) is 0.847. The van der Waals surface area contributed by atoms with Crippen LogP contribution in [0, 0.1) is 0 Å². The molecule has 2 aliphatic rings. The lowest BCUT2D eigenvalue weighted by Crippen LogP contribution is -2.61. The number of benzene rings is 1. The molecule has 11 heteroatoms. The molecule has 0 aliphatic carbocycles. The summed E-state index contributed by atoms with van der Waals surface area (Å²) in [7, 11) is 0. The van der Waals surface area contributed by atoms with E-state index in [0.717, 1.165) is 24.6 Å². The molecule has 160 valence electrons. The van der Waals surface area contributed by atoms with Gasteiger partial charge in [0.1, 0.15) is 0 Å². The largest absolute Gasteiger partial charge is 0.381 e. The number of amides is 1. The van der Waals surface area contributed by atoms with E-state index in [4.69, 9.17) is 10.5 Å². The Labute approximate surface area is 182 Å². The van der Waals surface area contributed by atoms with Crippen molar-refractivity contribution in [3.8, 4) is 5.69 Å². The number of carbonyl (C=O) groups is 1. The molecular weight excluding hydrogens is 417 g/mol. The van der Waals surface area contributed by atoms with Crippen molar-refractivity contribution in [1.29, 1.82) is 0 Å². The lowest BCUT2D eigenvalue weighted by Gasteiger charge is -2.40. The van der Waals surface area contributed by atoms with E-state index in [0.29, 0.717) is 45.7 Å². The molecule has 29 heavy (non-hydrogen) atoms. The topological polar surface area (TPSA) is 102 Å². The Morgan fingerprint density at radius 2 is 1.72 bits per heavy atom. The van der Waals surface area contributed by atoms with E-state index in [-0.39, 0.29) is 30.7 Å². The quantitative estimate of drug-likeness (QED) is 0.739. The molecule has 2 fully saturated rings. The number of tetrazole rings is 1. The number of carbonyl (C=O) groups excluding carboxylic acids is 1. The van der Waals surface area contributed by atoms with Gasteiger partial charge in [-0.2, -0.15) is 4.68 Å². The van der Waals surface area contributed by atoms with E-state index in [2.05, 4.69) is 20.4 Å². The number of hydrogen-bond acceptors (Lipinski definition) is 7. The number of nitrogens with zero attached hydrogens (tertiary/aromatic N) is 6. The molecule has 0 saturated carbocycles. The fourth-order valence-corrected chi connectivity index (χ4v) is 3.65. The van der Waals surface area contributed by atoms with Gasteiger partial charge in [0.25, 0.3) is 0 Å². The van der Waals surface area contributed by atoms with Gasteiger partial charge in [-0.25, -0.2) is 0 Å². The summed E-state index contributed by atoms with van der Waals surface area (Å²) < 4.78 is 7.10. The molecule has 1 aromatic heterocycles. The SMILES string of the molecule is Cl.Cl.NC1(C(=O)N2CCN(Cc3nnnn3-c3ccccc3)CC2)CCOCC1. The number of halogens is 2. The van der Waals surface area contributed by atoms with Crippen LogP contribution in [0.15, 0.2) is 30.3 Å². The van der Waals surface area contributed by atoms with E-state index in [1.807, 2.05) is 35.2 Å². The van der Waals surface area contributed by atoms with Gasteiger partial charge in [0, 0.05) is 39.4 Å². The molecule has 9 nitrogen and oxygen atoms in total. The fraction of sp³-hybridized carbons (Fsp3) is 0.556. The lowest BCUT2D eigenvalue weighted by molar-refractivity contribution is -0.142. The molecule has 0 unspecified atom stereocenters. The summed E-state index contributed by atoms with van der Waals surface area (Å²) in [4.78, 5) is 17.0. The van der Waals surface area contributed by atoms with Crippen molar-refractivity contribution >= 4 is 30.7 Å². The summed E-state index contributed by atoms with van der Waals surface area (Å²) in [6.07, 6.45) is 1.19. The van der Waals surface area contributed by atoms with Crippen molar-refractivity contribution in [2.24, 2.45) is 5.73 Å². The Balaban J connectivity index is 0.00000150. The summed E-state index contributed by atoms with van der Waals surface area (Å²) in [5, 5.41) is 12.1. The third-order valence-corrected chi connectivity index (χ3v) is 5.37. The third-order valence-electron chi connectivity index (χ3n) is 5.37. The monoisotopic (exact) mass is 443 g/mol. The molecule has 0 spiro atoms. The van der Waals surface area contributed by atoms with Crippen LogP contribution >= 0.6 is 24.8 Å². The summed E-state index contributed by atoms with van der Waals surface area (Å²) in [6, 6.07) is 9.84. The number of para-hydroxylation sites is 1. The Morgan fingerprint density at radius 3 is 2.38 bits per heavy atom. The average molecular weight is 444 g/mol. The predicted octanol–water partition coefficient (Wildman–Crippen LogP) is 0.658. The first kappa shape index (κ1) is 23.5. The average Bonchev–Trinajstić information content (AvgIpc) is 3.17. The molecule has 0 bridgehead atoms. The zero-order valence-electron chi connectivity index (χ0n) is 16.1. The molecule has 2 N–H and O–H groups in total. The van der Waals surface area contributed by atoms with Crippen LogP contribution in [-0.2, 0) is 16.1 Å². The van der Waals surface area contributed by atoms with Crippen LogP contribution in [-0.4, -0.2) is 80.8 Å². The van der Waals surface area contributed by atoms with Crippen molar-refractivity contribution in [2.75, 3.05) is 39.4 Å². The first-order valence-corrected chi connectivity index (χ1v) is 9.37. The van der Waals surface area contributed by atoms with Gasteiger partial charge in [0.2, 0.25) is 5.91 Å². The number of nitrogens with two attached hydrogens (primary N) is 1. The van der Waals surface area contributed by atoms with Crippen LogP contribution in [0.5, 0.6) is 0 Å². The highest BCUT2D eigenvalue weighted by Gasteiger charge is 2.39. The van der Waals surface area contributed by atoms with Crippen LogP contribution in [0.2, 0.25) is 0 Å². The normalized spacial score (nSPS) is 19.1. The number of rotatable bonds is 4. The number of ether oxygens (including phenoxy) is 1. The smallest absolute Gasteiger partial charge is 0.242 e. The van der Waals surface area contributed by atoms with Gasteiger partial charge in [-0.1, -0.05) is 18.2 Å². The highest BCUT2D eigenvalue weighted by Crippen LogP contribution is 2.21. The minimum atomic E-state index is -0.766. The van der Waals surface area contributed by atoms with Gasteiger partial charge in [-0.05, 0) is 35.4 Å². The molecule has 2 aliphatic heterocycles. The maximum absolute atomic E-state index is 12.8. The Morgan fingerprint density at radius 1 is 1.07 bits per heavy atom. The van der Waals surface area contributed by atoms with Crippen molar-refractivity contribution in [1.82, 2.24) is 30.0 Å². The molecule has 0 atom stereocenters. The number of hydrogen-bond donors (Lipinski definition) is 1. The van der Waals surface area contributed by atoms with E-state index in [1.165, 1.54) is 0 Å². The van der Waals surface area contributed by atoms with Crippen molar-refractivity contribution in [3.05, 3.63) is 36.2 Å². The molecular formula is C18H27Cl2N7O2. The first-order chi connectivity index (χ1) is 13.2. The van der Waals surface area contributed by atoms with E-state index in [1.54, 1.807) is 4.68 Å². The minimum Gasteiger partial charge on any atom is -0.381 e. The lowest BCUT2D eigenvalue weighted by atomic mass is 9.89. The highest BCUT2D eigenvalue weighted by molar-refractivity contribution is 5.86. The van der Waals surface area contributed by atoms with Crippen molar-refractivity contribution in [2.45, 2.75) is 24.9 Å².